The summed E-state index contributed by atoms with van der Waals surface area (Å²) in [5, 5.41) is 3.22. The molecule has 0 unspecified atom stereocenters. The average molecular weight is 321 g/mol. The first-order chi connectivity index (χ1) is 10.4. The van der Waals surface area contributed by atoms with Crippen LogP contribution in [-0.2, 0) is 10.2 Å². The number of ether oxygens (including phenoxy) is 1. The fourth-order valence-electron chi connectivity index (χ4n) is 1.70. The summed E-state index contributed by atoms with van der Waals surface area (Å²) >= 11 is 0. The van der Waals surface area contributed by atoms with Crippen LogP contribution >= 0.6 is 0 Å². The number of nitrogens with one attached hydrogen (secondary N) is 2. The topological polar surface area (TPSA) is 70.7 Å². The van der Waals surface area contributed by atoms with Gasteiger partial charge in [-0.1, -0.05) is 0 Å². The van der Waals surface area contributed by atoms with Gasteiger partial charge in [0.25, 0.3) is 0 Å². The fourth-order valence-corrected chi connectivity index (χ4v) is 2.32. The van der Waals surface area contributed by atoms with Crippen LogP contribution in [0, 0.1) is 0 Å². The van der Waals surface area contributed by atoms with Gasteiger partial charge in [-0.15, -0.1) is 0 Å². The molecule has 2 rings (SSSR count). The number of hydrogen-bond donors (Lipinski definition) is 2. The SMILES string of the molecule is COc1ccc(Nc2ccc(NS(=O)(=O)N(C)C)cc2)cc1. The fraction of sp³-hybridized carbons (Fsp3) is 0.200. The molecule has 118 valence electrons. The van der Waals surface area contributed by atoms with Gasteiger partial charge in [0, 0.05) is 31.2 Å². The van der Waals surface area contributed by atoms with Gasteiger partial charge in [-0.3, -0.25) is 4.72 Å². The molecule has 2 N–H and O–H groups in total. The highest BCUT2D eigenvalue weighted by Crippen LogP contribution is 2.21. The Morgan fingerprint density at radius 1 is 0.864 bits per heavy atom. The molecule has 0 heterocycles. The normalized spacial score (nSPS) is 11.3. The molecule has 0 atom stereocenters. The first-order valence-electron chi connectivity index (χ1n) is 6.62. The van der Waals surface area contributed by atoms with Gasteiger partial charge < -0.3 is 10.1 Å². The van der Waals surface area contributed by atoms with E-state index in [-0.39, 0.29) is 0 Å². The van der Waals surface area contributed by atoms with Crippen molar-refractivity contribution in [3.05, 3.63) is 48.5 Å². The van der Waals surface area contributed by atoms with Crippen molar-refractivity contribution >= 4 is 27.3 Å². The zero-order valence-corrected chi connectivity index (χ0v) is 13.5. The van der Waals surface area contributed by atoms with Crippen molar-refractivity contribution in [2.45, 2.75) is 0 Å². The zero-order valence-electron chi connectivity index (χ0n) is 12.7. The summed E-state index contributed by atoms with van der Waals surface area (Å²) in [6, 6.07) is 14.5. The zero-order chi connectivity index (χ0) is 16.2. The molecular weight excluding hydrogens is 302 g/mol. The second-order valence-corrected chi connectivity index (χ2v) is 6.70. The minimum Gasteiger partial charge on any atom is -0.497 e. The number of anilines is 3. The van der Waals surface area contributed by atoms with Crippen LogP contribution in [0.15, 0.2) is 48.5 Å². The van der Waals surface area contributed by atoms with Crippen LogP contribution < -0.4 is 14.8 Å². The minimum absolute atomic E-state index is 0.508. The number of hydrogen-bond acceptors (Lipinski definition) is 4. The second-order valence-electron chi connectivity index (χ2n) is 4.82. The third-order valence-electron chi connectivity index (χ3n) is 2.99. The Bertz CT molecular complexity index is 711. The molecule has 0 fully saturated rings. The monoisotopic (exact) mass is 321 g/mol. The standard InChI is InChI=1S/C15H19N3O3S/c1-18(2)22(19,20)17-14-6-4-12(5-7-14)16-13-8-10-15(21-3)11-9-13/h4-11,16-17H,1-3H3. The van der Waals surface area contributed by atoms with Gasteiger partial charge in [0.2, 0.25) is 0 Å². The van der Waals surface area contributed by atoms with E-state index in [0.717, 1.165) is 21.4 Å². The predicted molar refractivity (Wildman–Crippen MR) is 88.9 cm³/mol. The molecule has 0 aliphatic rings. The highest BCUT2D eigenvalue weighted by Gasteiger charge is 2.12. The van der Waals surface area contributed by atoms with E-state index in [2.05, 4.69) is 10.0 Å². The summed E-state index contributed by atoms with van der Waals surface area (Å²) in [6.45, 7) is 0. The molecule has 0 aliphatic heterocycles. The summed E-state index contributed by atoms with van der Waals surface area (Å²) < 4.78 is 32.1. The van der Waals surface area contributed by atoms with Crippen molar-refractivity contribution in [2.75, 3.05) is 31.2 Å². The van der Waals surface area contributed by atoms with E-state index in [4.69, 9.17) is 4.74 Å². The van der Waals surface area contributed by atoms with Gasteiger partial charge in [0.15, 0.2) is 0 Å². The second kappa shape index (κ2) is 6.67. The Morgan fingerprint density at radius 3 is 1.77 bits per heavy atom. The van der Waals surface area contributed by atoms with E-state index in [0.29, 0.717) is 5.69 Å². The first kappa shape index (κ1) is 16.1. The largest absolute Gasteiger partial charge is 0.497 e. The van der Waals surface area contributed by atoms with Crippen molar-refractivity contribution in [3.63, 3.8) is 0 Å². The summed E-state index contributed by atoms with van der Waals surface area (Å²) in [4.78, 5) is 0. The maximum absolute atomic E-state index is 11.7. The van der Waals surface area contributed by atoms with Gasteiger partial charge in [-0.05, 0) is 48.5 Å². The Labute approximate surface area is 130 Å². The predicted octanol–water partition coefficient (Wildman–Crippen LogP) is 2.66. The summed E-state index contributed by atoms with van der Waals surface area (Å²) in [5.74, 6) is 0.791. The molecule has 0 spiro atoms. The molecule has 0 saturated carbocycles. The van der Waals surface area contributed by atoms with Crippen molar-refractivity contribution in [2.24, 2.45) is 0 Å². The van der Waals surface area contributed by atoms with Gasteiger partial charge in [-0.2, -0.15) is 12.7 Å². The third kappa shape index (κ3) is 4.12. The first-order valence-corrected chi connectivity index (χ1v) is 8.06. The van der Waals surface area contributed by atoms with E-state index < -0.39 is 10.2 Å². The van der Waals surface area contributed by atoms with Crippen molar-refractivity contribution in [1.82, 2.24) is 4.31 Å². The summed E-state index contributed by atoms with van der Waals surface area (Å²) in [7, 11) is 1.09. The molecule has 2 aromatic carbocycles. The van der Waals surface area contributed by atoms with Gasteiger partial charge in [0.1, 0.15) is 5.75 Å². The number of methoxy groups -OCH3 is 1. The molecule has 0 radical (unpaired) electrons. The smallest absolute Gasteiger partial charge is 0.301 e. The molecule has 0 saturated heterocycles. The Morgan fingerprint density at radius 2 is 1.32 bits per heavy atom. The lowest BCUT2D eigenvalue weighted by Crippen LogP contribution is -2.28. The van der Waals surface area contributed by atoms with Gasteiger partial charge in [0.05, 0.1) is 7.11 Å². The van der Waals surface area contributed by atoms with Gasteiger partial charge >= 0.3 is 10.2 Å². The summed E-state index contributed by atoms with van der Waals surface area (Å²) in [5.41, 5.74) is 2.29. The molecular formula is C15H19N3O3S. The maximum atomic E-state index is 11.7. The van der Waals surface area contributed by atoms with Crippen LogP contribution in [0.3, 0.4) is 0 Å². The van der Waals surface area contributed by atoms with Crippen molar-refractivity contribution < 1.29 is 13.2 Å². The van der Waals surface area contributed by atoms with Crippen molar-refractivity contribution in [3.8, 4) is 5.75 Å². The number of nitrogens with zero attached hydrogens (tertiary/aromatic N) is 1. The van der Waals surface area contributed by atoms with Crippen LogP contribution in [0.4, 0.5) is 17.1 Å². The van der Waals surface area contributed by atoms with Crippen LogP contribution in [-0.4, -0.2) is 33.9 Å². The Balaban J connectivity index is 2.05. The highest BCUT2D eigenvalue weighted by molar-refractivity contribution is 7.90. The van der Waals surface area contributed by atoms with Crippen LogP contribution in [0.25, 0.3) is 0 Å². The number of benzene rings is 2. The lowest BCUT2D eigenvalue weighted by Gasteiger charge is -2.14. The van der Waals surface area contributed by atoms with Crippen molar-refractivity contribution in [1.29, 1.82) is 0 Å². The Kier molecular flexibility index (Phi) is 4.89. The van der Waals surface area contributed by atoms with E-state index in [1.165, 1.54) is 14.1 Å². The molecule has 2 aromatic rings. The molecule has 0 aliphatic carbocycles. The molecule has 22 heavy (non-hydrogen) atoms. The average Bonchev–Trinajstić information content (AvgIpc) is 2.49. The van der Waals surface area contributed by atoms with Crippen LogP contribution in [0.2, 0.25) is 0 Å². The minimum atomic E-state index is -3.48. The van der Waals surface area contributed by atoms with E-state index in [1.54, 1.807) is 31.4 Å². The van der Waals surface area contributed by atoms with Crippen LogP contribution in [0.1, 0.15) is 0 Å². The van der Waals surface area contributed by atoms with Crippen LogP contribution in [0.5, 0.6) is 5.75 Å². The van der Waals surface area contributed by atoms with Gasteiger partial charge in [-0.25, -0.2) is 0 Å². The maximum Gasteiger partial charge on any atom is 0.301 e. The quantitative estimate of drug-likeness (QED) is 0.858. The van der Waals surface area contributed by atoms with E-state index >= 15 is 0 Å². The molecule has 0 bridgehead atoms. The van der Waals surface area contributed by atoms with E-state index in [1.807, 2.05) is 24.3 Å². The number of rotatable bonds is 6. The molecule has 6 nitrogen and oxygen atoms in total. The molecule has 0 aromatic heterocycles. The third-order valence-corrected chi connectivity index (χ3v) is 4.45. The lowest BCUT2D eigenvalue weighted by molar-refractivity contribution is 0.415. The molecule has 0 amide bonds. The van der Waals surface area contributed by atoms with E-state index in [9.17, 15) is 8.42 Å². The molecule has 7 heteroatoms. The Hall–Kier alpha value is -2.25. The lowest BCUT2D eigenvalue weighted by atomic mass is 10.2. The summed E-state index contributed by atoms with van der Waals surface area (Å²) in [6.07, 6.45) is 0. The highest BCUT2D eigenvalue weighted by atomic mass is 32.2.